The number of hydrogen-bond acceptors (Lipinski definition) is 1. The Bertz CT molecular complexity index is 155. The molecule has 0 spiro atoms. The molecular weight excluding hydrogens is 124 g/mol. The Kier molecular flexibility index (Phi) is 0.984. The molecule has 3 aliphatic rings. The van der Waals surface area contributed by atoms with E-state index in [0.29, 0.717) is 6.10 Å². The molecule has 2 saturated carbocycles. The van der Waals surface area contributed by atoms with Gasteiger partial charge in [0.05, 0.1) is 12.2 Å². The van der Waals surface area contributed by atoms with Crippen LogP contribution in [0.4, 0.5) is 0 Å². The summed E-state index contributed by atoms with van der Waals surface area (Å²) in [6.07, 6.45) is 8.76. The third-order valence-corrected chi connectivity index (χ3v) is 3.55. The van der Waals surface area contributed by atoms with E-state index < -0.39 is 0 Å². The van der Waals surface area contributed by atoms with Crippen molar-refractivity contribution in [2.75, 3.05) is 0 Å². The van der Waals surface area contributed by atoms with E-state index in [9.17, 15) is 0 Å². The average molecular weight is 138 g/mol. The molecule has 1 saturated heterocycles. The lowest BCUT2D eigenvalue weighted by atomic mass is 9.81. The topological polar surface area (TPSA) is 12.5 Å². The lowest BCUT2D eigenvalue weighted by Crippen LogP contribution is -2.19. The molecule has 3 fully saturated rings. The first-order valence-corrected chi connectivity index (χ1v) is 4.60. The normalized spacial score (nSPS) is 57.6. The summed E-state index contributed by atoms with van der Waals surface area (Å²) in [6, 6.07) is 0. The maximum absolute atomic E-state index is 5.52. The van der Waals surface area contributed by atoms with Crippen LogP contribution in [0.15, 0.2) is 0 Å². The molecule has 1 heteroatoms. The molecular formula is C9H14O. The third-order valence-electron chi connectivity index (χ3n) is 3.55. The van der Waals surface area contributed by atoms with E-state index in [0.717, 1.165) is 17.9 Å². The first-order valence-electron chi connectivity index (χ1n) is 4.60. The van der Waals surface area contributed by atoms with Crippen LogP contribution in [0.25, 0.3) is 0 Å². The van der Waals surface area contributed by atoms with E-state index in [1.54, 1.807) is 0 Å². The molecule has 0 amide bonds. The van der Waals surface area contributed by atoms with Gasteiger partial charge in [-0.15, -0.1) is 0 Å². The molecule has 10 heavy (non-hydrogen) atoms. The fourth-order valence-corrected chi connectivity index (χ4v) is 2.98. The minimum absolute atomic E-state index is 0.716. The highest BCUT2D eigenvalue weighted by atomic mass is 16.6. The molecule has 0 unspecified atom stereocenters. The van der Waals surface area contributed by atoms with Gasteiger partial charge in [0, 0.05) is 0 Å². The predicted octanol–water partition coefficient (Wildman–Crippen LogP) is 1.96. The number of ether oxygens (including phenoxy) is 1. The van der Waals surface area contributed by atoms with Crippen molar-refractivity contribution in [2.24, 2.45) is 11.8 Å². The van der Waals surface area contributed by atoms with Crippen LogP contribution >= 0.6 is 0 Å². The molecule has 0 aromatic carbocycles. The minimum atomic E-state index is 0.716. The molecule has 56 valence electrons. The Hall–Kier alpha value is -0.0400. The van der Waals surface area contributed by atoms with Gasteiger partial charge in [0.15, 0.2) is 0 Å². The Morgan fingerprint density at radius 3 is 2.90 bits per heavy atom. The molecule has 1 aliphatic heterocycles. The van der Waals surface area contributed by atoms with Gasteiger partial charge in [0.25, 0.3) is 0 Å². The highest BCUT2D eigenvalue weighted by molar-refractivity contribution is 5.03. The van der Waals surface area contributed by atoms with Gasteiger partial charge in [-0.2, -0.15) is 0 Å². The van der Waals surface area contributed by atoms with Gasteiger partial charge in [-0.1, -0.05) is 12.8 Å². The Morgan fingerprint density at radius 2 is 2.00 bits per heavy atom. The smallest absolute Gasteiger partial charge is 0.0872 e. The zero-order chi connectivity index (χ0) is 6.55. The quantitative estimate of drug-likeness (QED) is 0.466. The van der Waals surface area contributed by atoms with Crippen molar-refractivity contribution in [3.63, 3.8) is 0 Å². The van der Waals surface area contributed by atoms with Crippen molar-refractivity contribution in [1.82, 2.24) is 0 Å². The standard InChI is InChI=1S/C9H14O/c1-2-4-7-6(3-1)5-8-9(7)10-8/h6-9H,1-5H2/t6-,7+,8+,9-/m1/s1. The molecule has 4 atom stereocenters. The van der Waals surface area contributed by atoms with Crippen LogP contribution in [0.2, 0.25) is 0 Å². The van der Waals surface area contributed by atoms with Crippen LogP contribution in [0.3, 0.4) is 0 Å². The molecule has 0 aromatic rings. The summed E-state index contributed by atoms with van der Waals surface area (Å²) < 4.78 is 5.52. The van der Waals surface area contributed by atoms with Crippen LogP contribution < -0.4 is 0 Å². The van der Waals surface area contributed by atoms with Gasteiger partial charge in [-0.05, 0) is 31.1 Å². The second kappa shape index (κ2) is 1.76. The van der Waals surface area contributed by atoms with E-state index in [1.165, 1.54) is 32.1 Å². The maximum Gasteiger partial charge on any atom is 0.0872 e. The summed E-state index contributed by atoms with van der Waals surface area (Å²) >= 11 is 0. The number of rotatable bonds is 0. The summed E-state index contributed by atoms with van der Waals surface area (Å²) in [7, 11) is 0. The summed E-state index contributed by atoms with van der Waals surface area (Å²) in [6.45, 7) is 0. The highest BCUT2D eigenvalue weighted by Gasteiger charge is 2.55. The SMILES string of the molecule is C1CC[C@H]2[C@H](C1)C[C@@H]1O[C@H]21. The van der Waals surface area contributed by atoms with Gasteiger partial charge in [-0.3, -0.25) is 0 Å². The molecule has 1 heterocycles. The van der Waals surface area contributed by atoms with E-state index in [1.807, 2.05) is 0 Å². The van der Waals surface area contributed by atoms with Crippen LogP contribution in [0.1, 0.15) is 32.1 Å². The zero-order valence-electron chi connectivity index (χ0n) is 6.25. The fraction of sp³-hybridized carbons (Fsp3) is 1.00. The second-order valence-corrected chi connectivity index (χ2v) is 4.08. The van der Waals surface area contributed by atoms with Crippen molar-refractivity contribution in [3.05, 3.63) is 0 Å². The zero-order valence-corrected chi connectivity index (χ0v) is 6.25. The largest absolute Gasteiger partial charge is 0.369 e. The summed E-state index contributed by atoms with van der Waals surface area (Å²) in [5.74, 6) is 2.05. The molecule has 3 rings (SSSR count). The third kappa shape index (κ3) is 0.619. The van der Waals surface area contributed by atoms with Gasteiger partial charge < -0.3 is 4.74 Å². The predicted molar refractivity (Wildman–Crippen MR) is 38.7 cm³/mol. The Morgan fingerprint density at radius 1 is 1.10 bits per heavy atom. The second-order valence-electron chi connectivity index (χ2n) is 4.08. The monoisotopic (exact) mass is 138 g/mol. The molecule has 0 aromatic heterocycles. The van der Waals surface area contributed by atoms with Crippen molar-refractivity contribution in [3.8, 4) is 0 Å². The maximum atomic E-state index is 5.52. The number of hydrogen-bond donors (Lipinski definition) is 0. The van der Waals surface area contributed by atoms with Crippen LogP contribution in [-0.2, 0) is 4.74 Å². The van der Waals surface area contributed by atoms with Crippen LogP contribution in [-0.4, -0.2) is 12.2 Å². The van der Waals surface area contributed by atoms with Gasteiger partial charge in [0.1, 0.15) is 0 Å². The first-order chi connectivity index (χ1) is 4.95. The fourth-order valence-electron chi connectivity index (χ4n) is 2.98. The molecule has 0 radical (unpaired) electrons. The molecule has 0 N–H and O–H groups in total. The first kappa shape index (κ1) is 5.59. The van der Waals surface area contributed by atoms with Crippen molar-refractivity contribution in [1.29, 1.82) is 0 Å². The minimum Gasteiger partial charge on any atom is -0.369 e. The average Bonchev–Trinajstić information content (AvgIpc) is 2.64. The van der Waals surface area contributed by atoms with Gasteiger partial charge in [0.2, 0.25) is 0 Å². The Balaban J connectivity index is 1.80. The van der Waals surface area contributed by atoms with E-state index >= 15 is 0 Å². The Labute approximate surface area is 61.8 Å². The van der Waals surface area contributed by atoms with E-state index in [2.05, 4.69) is 0 Å². The van der Waals surface area contributed by atoms with Crippen LogP contribution in [0, 0.1) is 11.8 Å². The molecule has 2 aliphatic carbocycles. The lowest BCUT2D eigenvalue weighted by Gasteiger charge is -2.26. The van der Waals surface area contributed by atoms with Crippen molar-refractivity contribution < 1.29 is 4.74 Å². The highest BCUT2D eigenvalue weighted by Crippen LogP contribution is 2.52. The number of epoxide rings is 1. The molecule has 0 bridgehead atoms. The summed E-state index contributed by atoms with van der Waals surface area (Å²) in [5.41, 5.74) is 0. The van der Waals surface area contributed by atoms with Gasteiger partial charge >= 0.3 is 0 Å². The van der Waals surface area contributed by atoms with Gasteiger partial charge in [-0.25, -0.2) is 0 Å². The lowest BCUT2D eigenvalue weighted by molar-refractivity contribution is 0.157. The van der Waals surface area contributed by atoms with Crippen molar-refractivity contribution in [2.45, 2.75) is 44.3 Å². The summed E-state index contributed by atoms with van der Waals surface area (Å²) in [5, 5.41) is 0. The molecule has 1 nitrogen and oxygen atoms in total. The van der Waals surface area contributed by atoms with Crippen molar-refractivity contribution >= 4 is 0 Å². The van der Waals surface area contributed by atoms with Crippen LogP contribution in [0.5, 0.6) is 0 Å². The van der Waals surface area contributed by atoms with E-state index in [-0.39, 0.29) is 0 Å². The van der Waals surface area contributed by atoms with E-state index in [4.69, 9.17) is 4.74 Å². The summed E-state index contributed by atoms with van der Waals surface area (Å²) in [4.78, 5) is 0. The number of fused-ring (bicyclic) bond motifs is 3.